The van der Waals surface area contributed by atoms with Gasteiger partial charge < -0.3 is 15.4 Å². The standard InChI is InChI=1S/C23H36N2O4/c1-15-2-4-19(5-3-15)25-20(26)14-29-21(27)6-7-24-22(28)23-11-16-8-17(12-23)10-18(9-16)13-23/h15-19H,2-14H2,1H3,(H,24,28)(H,25,26). The Morgan fingerprint density at radius 3 is 2.10 bits per heavy atom. The van der Waals surface area contributed by atoms with E-state index in [-0.39, 0.29) is 36.3 Å². The summed E-state index contributed by atoms with van der Waals surface area (Å²) < 4.78 is 5.10. The molecule has 0 heterocycles. The van der Waals surface area contributed by atoms with E-state index in [0.717, 1.165) is 68.6 Å². The summed E-state index contributed by atoms with van der Waals surface area (Å²) in [7, 11) is 0. The van der Waals surface area contributed by atoms with E-state index in [4.69, 9.17) is 4.74 Å². The van der Waals surface area contributed by atoms with Gasteiger partial charge in [0.1, 0.15) is 0 Å². The molecule has 5 rings (SSSR count). The largest absolute Gasteiger partial charge is 0.456 e. The van der Waals surface area contributed by atoms with Gasteiger partial charge in [0.05, 0.1) is 6.42 Å². The average Bonchev–Trinajstić information content (AvgIpc) is 2.67. The molecule has 0 saturated heterocycles. The van der Waals surface area contributed by atoms with Crippen LogP contribution in [0.2, 0.25) is 0 Å². The van der Waals surface area contributed by atoms with Gasteiger partial charge >= 0.3 is 5.97 Å². The molecule has 0 aromatic rings. The Hall–Kier alpha value is -1.59. The summed E-state index contributed by atoms with van der Waals surface area (Å²) in [6.07, 6.45) is 11.4. The molecule has 5 aliphatic carbocycles. The second-order valence-corrected chi connectivity index (χ2v) is 10.4. The molecule has 6 nitrogen and oxygen atoms in total. The summed E-state index contributed by atoms with van der Waals surface area (Å²) in [4.78, 5) is 36.8. The molecule has 0 aromatic carbocycles. The molecule has 162 valence electrons. The summed E-state index contributed by atoms with van der Waals surface area (Å²) in [5, 5.41) is 5.95. The first-order valence-corrected chi connectivity index (χ1v) is 11.6. The highest BCUT2D eigenvalue weighted by Crippen LogP contribution is 2.60. The van der Waals surface area contributed by atoms with Gasteiger partial charge in [-0.1, -0.05) is 6.92 Å². The summed E-state index contributed by atoms with van der Waals surface area (Å²) in [6, 6.07) is 0.206. The quantitative estimate of drug-likeness (QED) is 0.639. The lowest BCUT2D eigenvalue weighted by atomic mass is 9.49. The maximum atomic E-state index is 12.9. The molecule has 5 saturated carbocycles. The molecule has 2 N–H and O–H groups in total. The Bertz CT molecular complexity index is 604. The number of ether oxygens (including phenoxy) is 1. The second-order valence-electron chi connectivity index (χ2n) is 10.4. The van der Waals surface area contributed by atoms with Crippen molar-refractivity contribution < 1.29 is 19.1 Å². The molecule has 0 aromatic heterocycles. The number of hydrogen-bond acceptors (Lipinski definition) is 4. The SMILES string of the molecule is CC1CCC(NC(=O)COC(=O)CCNC(=O)C23CC4CC(CC(C4)C2)C3)CC1. The van der Waals surface area contributed by atoms with E-state index in [1.54, 1.807) is 0 Å². The molecule has 0 spiro atoms. The van der Waals surface area contributed by atoms with Crippen molar-refractivity contribution in [1.82, 2.24) is 10.6 Å². The van der Waals surface area contributed by atoms with E-state index in [2.05, 4.69) is 17.6 Å². The molecule has 5 fully saturated rings. The summed E-state index contributed by atoms with van der Waals surface area (Å²) in [5.74, 6) is 2.38. The van der Waals surface area contributed by atoms with Crippen molar-refractivity contribution in [1.29, 1.82) is 0 Å². The Morgan fingerprint density at radius 2 is 1.52 bits per heavy atom. The van der Waals surface area contributed by atoms with Crippen LogP contribution in [0.1, 0.15) is 77.6 Å². The second kappa shape index (κ2) is 8.65. The minimum atomic E-state index is -0.428. The van der Waals surface area contributed by atoms with E-state index < -0.39 is 5.97 Å². The lowest BCUT2D eigenvalue weighted by Gasteiger charge is -2.55. The molecule has 29 heavy (non-hydrogen) atoms. The zero-order valence-electron chi connectivity index (χ0n) is 17.7. The van der Waals surface area contributed by atoms with Gasteiger partial charge in [-0.3, -0.25) is 14.4 Å². The normalized spacial score (nSPS) is 37.8. The van der Waals surface area contributed by atoms with Gasteiger partial charge in [0, 0.05) is 18.0 Å². The zero-order valence-corrected chi connectivity index (χ0v) is 17.7. The molecule has 0 atom stereocenters. The Kier molecular flexibility index (Phi) is 6.16. The van der Waals surface area contributed by atoms with Crippen molar-refractivity contribution in [3.8, 4) is 0 Å². The van der Waals surface area contributed by atoms with Crippen LogP contribution in [0.25, 0.3) is 0 Å². The van der Waals surface area contributed by atoms with Crippen LogP contribution < -0.4 is 10.6 Å². The minimum absolute atomic E-state index is 0.117. The van der Waals surface area contributed by atoms with E-state index in [9.17, 15) is 14.4 Å². The fraction of sp³-hybridized carbons (Fsp3) is 0.870. The molecule has 6 heteroatoms. The number of rotatable bonds is 7. The van der Waals surface area contributed by atoms with Crippen LogP contribution in [0, 0.1) is 29.1 Å². The molecule has 5 aliphatic rings. The lowest BCUT2D eigenvalue weighted by Crippen LogP contribution is -2.53. The van der Waals surface area contributed by atoms with Gasteiger partial charge in [-0.05, 0) is 87.9 Å². The average molecular weight is 405 g/mol. The third-order valence-electron chi connectivity index (χ3n) is 7.88. The smallest absolute Gasteiger partial charge is 0.308 e. The van der Waals surface area contributed by atoms with E-state index in [1.165, 1.54) is 19.3 Å². The Labute approximate surface area is 173 Å². The highest BCUT2D eigenvalue weighted by Gasteiger charge is 2.54. The topological polar surface area (TPSA) is 84.5 Å². The predicted molar refractivity (Wildman–Crippen MR) is 109 cm³/mol. The monoisotopic (exact) mass is 404 g/mol. The third kappa shape index (κ3) is 4.95. The molecular formula is C23H36N2O4. The fourth-order valence-corrected chi connectivity index (χ4v) is 6.75. The maximum Gasteiger partial charge on any atom is 0.308 e. The minimum Gasteiger partial charge on any atom is -0.456 e. The van der Waals surface area contributed by atoms with Crippen LogP contribution in [0.15, 0.2) is 0 Å². The number of esters is 1. The first-order valence-electron chi connectivity index (χ1n) is 11.6. The van der Waals surface area contributed by atoms with Crippen molar-refractivity contribution in [2.24, 2.45) is 29.1 Å². The van der Waals surface area contributed by atoms with Gasteiger partial charge in [-0.15, -0.1) is 0 Å². The van der Waals surface area contributed by atoms with Crippen LogP contribution in [-0.2, 0) is 19.1 Å². The molecule has 0 aliphatic heterocycles. The Balaban J connectivity index is 1.12. The van der Waals surface area contributed by atoms with Gasteiger partial charge in [0.15, 0.2) is 6.61 Å². The third-order valence-corrected chi connectivity index (χ3v) is 7.88. The maximum absolute atomic E-state index is 12.9. The number of nitrogens with one attached hydrogen (secondary N) is 2. The Morgan fingerprint density at radius 1 is 0.931 bits per heavy atom. The van der Waals surface area contributed by atoms with Gasteiger partial charge in [-0.2, -0.15) is 0 Å². The molecule has 4 bridgehead atoms. The summed E-state index contributed by atoms with van der Waals surface area (Å²) in [6.45, 7) is 2.30. The van der Waals surface area contributed by atoms with Crippen molar-refractivity contribution >= 4 is 17.8 Å². The summed E-state index contributed by atoms with van der Waals surface area (Å²) in [5.41, 5.74) is -0.184. The number of carbonyl (C=O) groups excluding carboxylic acids is 3. The fourth-order valence-electron chi connectivity index (χ4n) is 6.75. The predicted octanol–water partition coefficient (Wildman–Crippen LogP) is 2.95. The van der Waals surface area contributed by atoms with E-state index in [1.807, 2.05) is 0 Å². The van der Waals surface area contributed by atoms with E-state index in [0.29, 0.717) is 6.54 Å². The first kappa shape index (κ1) is 20.7. The van der Waals surface area contributed by atoms with Crippen LogP contribution in [0.3, 0.4) is 0 Å². The van der Waals surface area contributed by atoms with E-state index >= 15 is 0 Å². The number of amides is 2. The van der Waals surface area contributed by atoms with Gasteiger partial charge in [0.2, 0.25) is 5.91 Å². The number of hydrogen-bond donors (Lipinski definition) is 2. The first-order chi connectivity index (χ1) is 13.9. The number of carbonyl (C=O) groups is 3. The summed E-state index contributed by atoms with van der Waals surface area (Å²) >= 11 is 0. The lowest BCUT2D eigenvalue weighted by molar-refractivity contribution is -0.149. The van der Waals surface area contributed by atoms with Crippen LogP contribution in [0.5, 0.6) is 0 Å². The highest BCUT2D eigenvalue weighted by molar-refractivity contribution is 5.84. The molecular weight excluding hydrogens is 368 g/mol. The molecule has 0 unspecified atom stereocenters. The van der Waals surface area contributed by atoms with Crippen LogP contribution >= 0.6 is 0 Å². The van der Waals surface area contributed by atoms with Crippen molar-refractivity contribution in [3.63, 3.8) is 0 Å². The van der Waals surface area contributed by atoms with Crippen molar-refractivity contribution in [3.05, 3.63) is 0 Å². The van der Waals surface area contributed by atoms with Crippen molar-refractivity contribution in [2.45, 2.75) is 83.6 Å². The van der Waals surface area contributed by atoms with Gasteiger partial charge in [-0.25, -0.2) is 0 Å². The zero-order chi connectivity index (χ0) is 20.4. The highest BCUT2D eigenvalue weighted by atomic mass is 16.5. The van der Waals surface area contributed by atoms with Crippen molar-refractivity contribution in [2.75, 3.05) is 13.2 Å². The molecule has 2 amide bonds. The van der Waals surface area contributed by atoms with Gasteiger partial charge in [0.25, 0.3) is 5.91 Å². The molecule has 0 radical (unpaired) electrons. The van der Waals surface area contributed by atoms with Crippen LogP contribution in [-0.4, -0.2) is 37.0 Å². The van der Waals surface area contributed by atoms with Crippen LogP contribution in [0.4, 0.5) is 0 Å².